The fraction of sp³-hybridized carbons (Fsp3) is 0.333. The summed E-state index contributed by atoms with van der Waals surface area (Å²) in [6, 6.07) is 17.0. The molecule has 128 valence electrons. The second-order valence-corrected chi connectivity index (χ2v) is 7.80. The molecule has 4 rings (SSSR count). The van der Waals surface area contributed by atoms with E-state index in [0.717, 1.165) is 36.2 Å². The SMILES string of the molecule is CN(C(=O)CCCc1nc2ccccc2s1)C1CCc2ccccc21. The topological polar surface area (TPSA) is 33.2 Å². The summed E-state index contributed by atoms with van der Waals surface area (Å²) in [7, 11) is 1.95. The standard InChI is InChI=1S/C21H22N2OS/c1-23(18-14-13-15-7-2-3-8-16(15)18)21(24)12-6-11-20-22-17-9-4-5-10-19(17)25-20/h2-5,7-10,18H,6,11-14H2,1H3. The van der Waals surface area contributed by atoms with Crippen LogP contribution in [-0.2, 0) is 17.6 Å². The highest BCUT2D eigenvalue weighted by Crippen LogP contribution is 2.35. The number of aromatic nitrogens is 1. The van der Waals surface area contributed by atoms with Crippen LogP contribution in [0.25, 0.3) is 10.2 Å². The summed E-state index contributed by atoms with van der Waals surface area (Å²) in [5.74, 6) is 0.239. The summed E-state index contributed by atoms with van der Waals surface area (Å²) < 4.78 is 1.23. The van der Waals surface area contributed by atoms with Crippen molar-refractivity contribution in [1.29, 1.82) is 0 Å². The van der Waals surface area contributed by atoms with E-state index in [1.807, 2.05) is 30.1 Å². The summed E-state index contributed by atoms with van der Waals surface area (Å²) in [6.45, 7) is 0. The Morgan fingerprint density at radius 2 is 2.00 bits per heavy atom. The third-order valence-corrected chi connectivity index (χ3v) is 6.18. The molecule has 1 aromatic heterocycles. The summed E-state index contributed by atoms with van der Waals surface area (Å²) in [5, 5.41) is 1.13. The monoisotopic (exact) mass is 350 g/mol. The van der Waals surface area contributed by atoms with Gasteiger partial charge in [0, 0.05) is 13.5 Å². The Bertz CT molecular complexity index is 869. The Balaban J connectivity index is 1.34. The van der Waals surface area contributed by atoms with Gasteiger partial charge in [0.05, 0.1) is 21.3 Å². The molecule has 25 heavy (non-hydrogen) atoms. The van der Waals surface area contributed by atoms with Crippen LogP contribution in [0.15, 0.2) is 48.5 Å². The molecule has 2 aromatic carbocycles. The van der Waals surface area contributed by atoms with Crippen LogP contribution in [0.5, 0.6) is 0 Å². The number of para-hydroxylation sites is 1. The molecule has 3 nitrogen and oxygen atoms in total. The molecule has 1 aliphatic rings. The van der Waals surface area contributed by atoms with Crippen molar-refractivity contribution < 1.29 is 4.79 Å². The molecule has 0 fully saturated rings. The highest BCUT2D eigenvalue weighted by molar-refractivity contribution is 7.18. The quantitative estimate of drug-likeness (QED) is 0.664. The first kappa shape index (κ1) is 16.3. The van der Waals surface area contributed by atoms with Gasteiger partial charge in [-0.3, -0.25) is 4.79 Å². The maximum Gasteiger partial charge on any atom is 0.222 e. The van der Waals surface area contributed by atoms with Gasteiger partial charge in [-0.1, -0.05) is 36.4 Å². The van der Waals surface area contributed by atoms with Gasteiger partial charge in [0.1, 0.15) is 0 Å². The molecule has 1 atom stereocenters. The van der Waals surface area contributed by atoms with Crippen LogP contribution >= 0.6 is 11.3 Å². The van der Waals surface area contributed by atoms with Crippen LogP contribution in [0.4, 0.5) is 0 Å². The lowest BCUT2D eigenvalue weighted by atomic mass is 10.1. The van der Waals surface area contributed by atoms with Gasteiger partial charge >= 0.3 is 0 Å². The van der Waals surface area contributed by atoms with Crippen molar-refractivity contribution in [1.82, 2.24) is 9.88 Å². The molecule has 1 amide bonds. The van der Waals surface area contributed by atoms with Gasteiger partial charge in [0.25, 0.3) is 0 Å². The van der Waals surface area contributed by atoms with E-state index in [9.17, 15) is 4.79 Å². The molecule has 0 N–H and O–H groups in total. The number of hydrogen-bond acceptors (Lipinski definition) is 3. The second-order valence-electron chi connectivity index (χ2n) is 6.69. The molecule has 0 radical (unpaired) electrons. The number of aryl methyl sites for hydroxylation is 2. The average Bonchev–Trinajstić information content (AvgIpc) is 3.24. The van der Waals surface area contributed by atoms with Crippen LogP contribution in [0.3, 0.4) is 0 Å². The van der Waals surface area contributed by atoms with E-state index in [-0.39, 0.29) is 11.9 Å². The number of nitrogens with zero attached hydrogens (tertiary/aromatic N) is 2. The van der Waals surface area contributed by atoms with Gasteiger partial charge < -0.3 is 4.90 Å². The number of benzene rings is 2. The number of hydrogen-bond donors (Lipinski definition) is 0. The zero-order valence-corrected chi connectivity index (χ0v) is 15.3. The third-order valence-electron chi connectivity index (χ3n) is 5.08. The summed E-state index contributed by atoms with van der Waals surface area (Å²) >= 11 is 1.74. The molecule has 1 heterocycles. The van der Waals surface area contributed by atoms with Crippen molar-refractivity contribution in [3.63, 3.8) is 0 Å². The maximum atomic E-state index is 12.6. The van der Waals surface area contributed by atoms with Crippen molar-refractivity contribution in [3.05, 3.63) is 64.7 Å². The molecule has 1 aliphatic carbocycles. The molecule has 1 unspecified atom stereocenters. The number of carbonyl (C=O) groups excluding carboxylic acids is 1. The molecule has 3 aromatic rings. The van der Waals surface area contributed by atoms with E-state index in [4.69, 9.17) is 0 Å². The highest BCUT2D eigenvalue weighted by atomic mass is 32.1. The zero-order valence-electron chi connectivity index (χ0n) is 14.4. The first-order valence-corrected chi connectivity index (χ1v) is 9.72. The first-order chi connectivity index (χ1) is 12.2. The lowest BCUT2D eigenvalue weighted by Gasteiger charge is -2.25. The van der Waals surface area contributed by atoms with Gasteiger partial charge in [0.2, 0.25) is 5.91 Å². The van der Waals surface area contributed by atoms with Crippen molar-refractivity contribution in [2.45, 2.75) is 38.1 Å². The Labute approximate surface area is 152 Å². The van der Waals surface area contributed by atoms with E-state index in [0.29, 0.717) is 6.42 Å². The molecular formula is C21H22N2OS. The fourth-order valence-corrected chi connectivity index (χ4v) is 4.71. The molecule has 0 saturated heterocycles. The molecule has 0 spiro atoms. The minimum absolute atomic E-state index is 0.239. The largest absolute Gasteiger partial charge is 0.339 e. The van der Waals surface area contributed by atoms with E-state index >= 15 is 0 Å². The van der Waals surface area contributed by atoms with E-state index in [1.165, 1.54) is 15.8 Å². The molecule has 0 aliphatic heterocycles. The Kier molecular flexibility index (Phi) is 4.53. The number of carbonyl (C=O) groups is 1. The zero-order chi connectivity index (χ0) is 17.2. The van der Waals surface area contributed by atoms with Crippen LogP contribution in [0.1, 0.15) is 41.4 Å². The predicted octanol–water partition coefficient (Wildman–Crippen LogP) is 4.76. The first-order valence-electron chi connectivity index (χ1n) is 8.90. The fourth-order valence-electron chi connectivity index (χ4n) is 3.70. The Morgan fingerprint density at radius 1 is 1.20 bits per heavy atom. The maximum absolute atomic E-state index is 12.6. The second kappa shape index (κ2) is 6.96. The van der Waals surface area contributed by atoms with Gasteiger partial charge in [0.15, 0.2) is 0 Å². The highest BCUT2D eigenvalue weighted by Gasteiger charge is 2.27. The van der Waals surface area contributed by atoms with Gasteiger partial charge in [-0.2, -0.15) is 0 Å². The minimum atomic E-state index is 0.239. The number of fused-ring (bicyclic) bond motifs is 2. The van der Waals surface area contributed by atoms with Crippen molar-refractivity contribution in [2.75, 3.05) is 7.05 Å². The van der Waals surface area contributed by atoms with E-state index < -0.39 is 0 Å². The number of rotatable bonds is 5. The van der Waals surface area contributed by atoms with Gasteiger partial charge in [-0.15, -0.1) is 11.3 Å². The third kappa shape index (κ3) is 3.31. The van der Waals surface area contributed by atoms with Crippen molar-refractivity contribution in [2.24, 2.45) is 0 Å². The van der Waals surface area contributed by atoms with E-state index in [2.05, 4.69) is 35.3 Å². The normalized spacial score (nSPS) is 16.1. The lowest BCUT2D eigenvalue weighted by Crippen LogP contribution is -2.29. The van der Waals surface area contributed by atoms with Crippen LogP contribution in [0, 0.1) is 0 Å². The van der Waals surface area contributed by atoms with Crippen molar-refractivity contribution in [3.8, 4) is 0 Å². The van der Waals surface area contributed by atoms with Crippen LogP contribution in [-0.4, -0.2) is 22.8 Å². The van der Waals surface area contributed by atoms with Crippen LogP contribution in [0.2, 0.25) is 0 Å². The predicted molar refractivity (Wildman–Crippen MR) is 103 cm³/mol. The van der Waals surface area contributed by atoms with Gasteiger partial charge in [-0.25, -0.2) is 4.98 Å². The van der Waals surface area contributed by atoms with Gasteiger partial charge in [-0.05, 0) is 48.9 Å². The molecule has 4 heteroatoms. The number of amides is 1. The van der Waals surface area contributed by atoms with Crippen molar-refractivity contribution >= 4 is 27.5 Å². The summed E-state index contributed by atoms with van der Waals surface area (Å²) in [4.78, 5) is 19.2. The Morgan fingerprint density at radius 3 is 2.88 bits per heavy atom. The summed E-state index contributed by atoms with van der Waals surface area (Å²) in [6.07, 6.45) is 4.44. The smallest absolute Gasteiger partial charge is 0.222 e. The molecular weight excluding hydrogens is 328 g/mol. The molecule has 0 saturated carbocycles. The van der Waals surface area contributed by atoms with Crippen LogP contribution < -0.4 is 0 Å². The van der Waals surface area contributed by atoms with E-state index in [1.54, 1.807) is 11.3 Å². The minimum Gasteiger partial charge on any atom is -0.339 e. The summed E-state index contributed by atoms with van der Waals surface area (Å²) in [5.41, 5.74) is 3.78. The lowest BCUT2D eigenvalue weighted by molar-refractivity contribution is -0.132. The number of thiazole rings is 1. The molecule has 0 bridgehead atoms. The average molecular weight is 350 g/mol. The Hall–Kier alpha value is -2.20.